The molecule has 1 aromatic heterocycles. The molecule has 0 amide bonds. The van der Waals surface area contributed by atoms with Crippen LogP contribution in [-0.4, -0.2) is 4.98 Å². The van der Waals surface area contributed by atoms with Crippen molar-refractivity contribution in [2.75, 3.05) is 0 Å². The quantitative estimate of drug-likeness (QED) is 0.671. The first-order valence-corrected chi connectivity index (χ1v) is 3.52. The van der Waals surface area contributed by atoms with Gasteiger partial charge in [-0.15, -0.1) is 12.4 Å². The van der Waals surface area contributed by atoms with Gasteiger partial charge in [-0.1, -0.05) is 0 Å². The summed E-state index contributed by atoms with van der Waals surface area (Å²) in [5.74, 6) is 0. The molecule has 12 heavy (non-hydrogen) atoms. The highest BCUT2D eigenvalue weighted by Gasteiger charge is 2.13. The summed E-state index contributed by atoms with van der Waals surface area (Å²) in [7, 11) is 0. The molecule has 0 aliphatic carbocycles. The van der Waals surface area contributed by atoms with Crippen molar-refractivity contribution in [2.45, 2.75) is 26.8 Å². The van der Waals surface area contributed by atoms with Gasteiger partial charge in [0.2, 0.25) is 0 Å². The van der Waals surface area contributed by atoms with Crippen LogP contribution in [0.2, 0.25) is 0 Å². The van der Waals surface area contributed by atoms with Gasteiger partial charge in [-0.25, -0.2) is 0 Å². The van der Waals surface area contributed by atoms with Crippen LogP contribution in [-0.2, 0) is 13.0 Å². The molecular weight excluding hydrogens is 172 g/mol. The van der Waals surface area contributed by atoms with E-state index in [1.54, 1.807) is 19.9 Å². The molecule has 2 nitrogen and oxygen atoms in total. The Labute approximate surface area is 84.4 Å². The van der Waals surface area contributed by atoms with E-state index >= 15 is 0 Å². The number of nitrogens with one attached hydrogen (secondary N) is 1. The average molecular weight is 189 g/mol. The lowest BCUT2D eigenvalue weighted by Gasteiger charge is -2.02. The van der Waals surface area contributed by atoms with Gasteiger partial charge in [0.25, 0.3) is 0 Å². The van der Waals surface area contributed by atoms with Gasteiger partial charge < -0.3 is 5.32 Å². The summed E-state index contributed by atoms with van der Waals surface area (Å²) < 4.78 is 30.8. The molecule has 66 valence electrons. The summed E-state index contributed by atoms with van der Waals surface area (Å²) in [6.07, 6.45) is 0. The Morgan fingerprint density at radius 3 is 3.00 bits per heavy atom. The zero-order valence-corrected chi connectivity index (χ0v) is 7.75. The number of fused-ring (bicyclic) bond motifs is 1. The van der Waals surface area contributed by atoms with E-state index in [1.165, 1.54) is 0 Å². The van der Waals surface area contributed by atoms with Gasteiger partial charge in [0.1, 0.15) is 0 Å². The largest absolute Gasteiger partial charge is 0.307 e. The molecule has 1 N–H and O–H groups in total. The van der Waals surface area contributed by atoms with E-state index in [0.29, 0.717) is 11.3 Å². The lowest BCUT2D eigenvalue weighted by molar-refractivity contribution is 0.756. The molecule has 2 heterocycles. The van der Waals surface area contributed by atoms with Crippen LogP contribution in [0.5, 0.6) is 0 Å². The second kappa shape index (κ2) is 3.42. The van der Waals surface area contributed by atoms with E-state index in [9.17, 15) is 0 Å². The van der Waals surface area contributed by atoms with Crippen LogP contribution in [0.25, 0.3) is 0 Å². The van der Waals surface area contributed by atoms with Gasteiger partial charge in [-0.3, -0.25) is 4.98 Å². The third kappa shape index (κ3) is 1.45. The molecule has 0 bridgehead atoms. The monoisotopic (exact) mass is 188 g/mol. The minimum absolute atomic E-state index is 0. The standard InChI is InChI=1S/C9H12N2.ClH/c1-6-3-7(2)11-9-5-10-4-8(6)9;/h3,10H,4-5H2,1-2H3;1H/i4D2,5D2;. The molecule has 2 rings (SSSR count). The van der Waals surface area contributed by atoms with Crippen LogP contribution in [0.15, 0.2) is 6.07 Å². The van der Waals surface area contributed by atoms with E-state index in [-0.39, 0.29) is 18.1 Å². The molecule has 3 heteroatoms. The molecule has 1 aromatic rings. The number of nitrogens with zero attached hydrogens (tertiary/aromatic N) is 1. The Hall–Kier alpha value is -0.600. The SMILES string of the molecule is Cl.[2H]C1([2H])NC([2H])([2H])c2c(C)cc(C)nc21. The molecule has 1 aliphatic rings. The van der Waals surface area contributed by atoms with E-state index in [1.807, 2.05) is 0 Å². The maximum absolute atomic E-state index is 7.71. The second-order valence-corrected chi connectivity index (χ2v) is 2.68. The molecule has 0 radical (unpaired) electrons. The van der Waals surface area contributed by atoms with Gasteiger partial charge in [0.05, 0.1) is 5.69 Å². The fourth-order valence-corrected chi connectivity index (χ4v) is 1.24. The van der Waals surface area contributed by atoms with Crippen LogP contribution < -0.4 is 5.32 Å². The number of hydrogen-bond donors (Lipinski definition) is 1. The third-order valence-corrected chi connectivity index (χ3v) is 1.71. The van der Waals surface area contributed by atoms with E-state index in [2.05, 4.69) is 10.3 Å². The lowest BCUT2D eigenvalue weighted by Crippen LogP contribution is -2.00. The predicted molar refractivity (Wildman–Crippen MR) is 51.5 cm³/mol. The normalized spacial score (nSPS) is 27.2. The number of hydrogen-bond acceptors (Lipinski definition) is 2. The lowest BCUT2D eigenvalue weighted by atomic mass is 10.1. The van der Waals surface area contributed by atoms with E-state index < -0.39 is 13.0 Å². The second-order valence-electron chi connectivity index (χ2n) is 2.68. The molecule has 0 saturated heterocycles. The average Bonchev–Trinajstić information content (AvgIpc) is 2.15. The van der Waals surface area contributed by atoms with Crippen molar-refractivity contribution in [1.82, 2.24) is 10.3 Å². The minimum Gasteiger partial charge on any atom is -0.307 e. The first kappa shape index (κ1) is 5.20. The van der Waals surface area contributed by atoms with Crippen molar-refractivity contribution in [2.24, 2.45) is 0 Å². The summed E-state index contributed by atoms with van der Waals surface area (Å²) in [5, 5.41) is 2.31. The van der Waals surface area contributed by atoms with Crippen molar-refractivity contribution in [3.63, 3.8) is 0 Å². The Morgan fingerprint density at radius 1 is 1.50 bits per heavy atom. The first-order valence-electron chi connectivity index (χ1n) is 5.52. The summed E-state index contributed by atoms with van der Waals surface area (Å²) in [5.41, 5.74) is 1.94. The summed E-state index contributed by atoms with van der Waals surface area (Å²) in [6, 6.07) is 1.76. The number of pyridine rings is 1. The van der Waals surface area contributed by atoms with Crippen molar-refractivity contribution in [1.29, 1.82) is 0 Å². The number of halogens is 1. The summed E-state index contributed by atoms with van der Waals surface area (Å²) >= 11 is 0. The summed E-state index contributed by atoms with van der Waals surface area (Å²) in [4.78, 5) is 4.09. The van der Waals surface area contributed by atoms with E-state index in [0.717, 1.165) is 5.56 Å². The Bertz CT molecular complexity index is 434. The van der Waals surface area contributed by atoms with Crippen LogP contribution in [0.1, 0.15) is 28.0 Å². The molecule has 0 saturated carbocycles. The Morgan fingerprint density at radius 2 is 2.25 bits per heavy atom. The minimum atomic E-state index is -1.89. The first-order chi connectivity index (χ1) is 6.74. The highest BCUT2D eigenvalue weighted by atomic mass is 35.5. The van der Waals surface area contributed by atoms with E-state index in [4.69, 9.17) is 5.48 Å². The Kier molecular flexibility index (Phi) is 1.48. The van der Waals surface area contributed by atoms with Gasteiger partial charge in [0, 0.05) is 24.2 Å². The van der Waals surface area contributed by atoms with Crippen LogP contribution in [0.4, 0.5) is 0 Å². The smallest absolute Gasteiger partial charge is 0.0592 e. The highest BCUT2D eigenvalue weighted by molar-refractivity contribution is 5.85. The zero-order chi connectivity index (χ0) is 11.4. The van der Waals surface area contributed by atoms with Gasteiger partial charge in [0.15, 0.2) is 0 Å². The predicted octanol–water partition coefficient (Wildman–Crippen LogP) is 1.72. The third-order valence-electron chi connectivity index (χ3n) is 1.71. The van der Waals surface area contributed by atoms with Crippen LogP contribution >= 0.6 is 12.4 Å². The molecule has 0 fully saturated rings. The van der Waals surface area contributed by atoms with Crippen molar-refractivity contribution < 1.29 is 5.48 Å². The highest BCUT2D eigenvalue weighted by Crippen LogP contribution is 2.17. The molecule has 0 spiro atoms. The fourth-order valence-electron chi connectivity index (χ4n) is 1.24. The fraction of sp³-hybridized carbons (Fsp3) is 0.444. The van der Waals surface area contributed by atoms with Crippen LogP contribution in [0.3, 0.4) is 0 Å². The maximum atomic E-state index is 7.71. The summed E-state index contributed by atoms with van der Waals surface area (Å²) in [6.45, 7) is -0.190. The van der Waals surface area contributed by atoms with Gasteiger partial charge in [-0.05, 0) is 31.0 Å². The van der Waals surface area contributed by atoms with Gasteiger partial charge in [-0.2, -0.15) is 0 Å². The molecule has 0 aromatic carbocycles. The molecule has 1 aliphatic heterocycles. The van der Waals surface area contributed by atoms with Crippen molar-refractivity contribution in [3.05, 3.63) is 28.6 Å². The molecule has 0 unspecified atom stereocenters. The Balaban J connectivity index is 0.00000128. The maximum Gasteiger partial charge on any atom is 0.0592 e. The topological polar surface area (TPSA) is 24.9 Å². The zero-order valence-electron chi connectivity index (χ0n) is 10.9. The van der Waals surface area contributed by atoms with Crippen LogP contribution in [0, 0.1) is 13.8 Å². The molecule has 0 atom stereocenters. The number of aryl methyl sites for hydroxylation is 2. The van der Waals surface area contributed by atoms with Crippen molar-refractivity contribution >= 4 is 12.4 Å². The van der Waals surface area contributed by atoms with Crippen molar-refractivity contribution in [3.8, 4) is 0 Å². The molecular formula is C9H13ClN2. The number of rotatable bonds is 0. The van der Waals surface area contributed by atoms with Gasteiger partial charge >= 0.3 is 0 Å². The number of aromatic nitrogens is 1.